The summed E-state index contributed by atoms with van der Waals surface area (Å²) in [6.07, 6.45) is 1.15. The molecule has 0 atom stereocenters. The van der Waals surface area contributed by atoms with Crippen LogP contribution in [0.1, 0.15) is 18.4 Å². The molecule has 0 saturated carbocycles. The van der Waals surface area contributed by atoms with Gasteiger partial charge in [-0.3, -0.25) is 4.79 Å². The molecule has 0 aromatic heterocycles. The molecule has 0 heterocycles. The summed E-state index contributed by atoms with van der Waals surface area (Å²) < 4.78 is 5.47. The molecule has 0 fully saturated rings. The number of carboxylic acids is 1. The van der Waals surface area contributed by atoms with E-state index in [9.17, 15) is 4.79 Å². The van der Waals surface area contributed by atoms with E-state index in [1.165, 1.54) is 0 Å². The molecule has 16 heavy (non-hydrogen) atoms. The van der Waals surface area contributed by atoms with Crippen LogP contribution in [0.3, 0.4) is 0 Å². The maximum atomic E-state index is 10.3. The van der Waals surface area contributed by atoms with Crippen LogP contribution in [-0.2, 0) is 11.2 Å². The zero-order valence-electron chi connectivity index (χ0n) is 9.06. The summed E-state index contributed by atoms with van der Waals surface area (Å²) in [7, 11) is 0. The molecular weight excluding hydrogens is 208 g/mol. The minimum atomic E-state index is -0.813. The molecule has 1 aromatic carbocycles. The molecule has 0 radical (unpaired) electrons. The van der Waals surface area contributed by atoms with E-state index in [0.717, 1.165) is 11.3 Å². The van der Waals surface area contributed by atoms with Gasteiger partial charge in [0.2, 0.25) is 0 Å². The molecular formula is C12H16O4. The normalized spacial score (nSPS) is 10.1. The molecule has 0 unspecified atom stereocenters. The van der Waals surface area contributed by atoms with E-state index in [0.29, 0.717) is 19.4 Å². The fourth-order valence-corrected chi connectivity index (χ4v) is 1.38. The Bertz CT molecular complexity index is 336. The van der Waals surface area contributed by atoms with E-state index in [4.69, 9.17) is 14.9 Å². The number of hydrogen-bond acceptors (Lipinski definition) is 3. The maximum Gasteiger partial charge on any atom is 0.303 e. The van der Waals surface area contributed by atoms with Crippen molar-refractivity contribution in [2.75, 3.05) is 13.2 Å². The SMILES string of the molecule is O=C(O)CCCOc1ccccc1CCO. The third kappa shape index (κ3) is 4.31. The Kier molecular flexibility index (Phi) is 5.36. The van der Waals surface area contributed by atoms with Crippen molar-refractivity contribution in [3.05, 3.63) is 29.8 Å². The fourth-order valence-electron chi connectivity index (χ4n) is 1.38. The highest BCUT2D eigenvalue weighted by Crippen LogP contribution is 2.18. The number of ether oxygens (including phenoxy) is 1. The van der Waals surface area contributed by atoms with Gasteiger partial charge in [0.25, 0.3) is 0 Å². The van der Waals surface area contributed by atoms with E-state index in [-0.39, 0.29) is 13.0 Å². The van der Waals surface area contributed by atoms with Crippen LogP contribution in [-0.4, -0.2) is 29.4 Å². The first-order chi connectivity index (χ1) is 7.74. The van der Waals surface area contributed by atoms with Crippen LogP contribution in [0.25, 0.3) is 0 Å². The number of hydrogen-bond donors (Lipinski definition) is 2. The Hall–Kier alpha value is -1.55. The van der Waals surface area contributed by atoms with Crippen LogP contribution in [0.15, 0.2) is 24.3 Å². The minimum Gasteiger partial charge on any atom is -0.493 e. The lowest BCUT2D eigenvalue weighted by atomic mass is 10.1. The zero-order chi connectivity index (χ0) is 11.8. The molecule has 1 aromatic rings. The van der Waals surface area contributed by atoms with Gasteiger partial charge in [0.05, 0.1) is 6.61 Å². The smallest absolute Gasteiger partial charge is 0.303 e. The number of aliphatic carboxylic acids is 1. The van der Waals surface area contributed by atoms with Crippen molar-refractivity contribution in [2.45, 2.75) is 19.3 Å². The summed E-state index contributed by atoms with van der Waals surface area (Å²) in [6, 6.07) is 7.46. The van der Waals surface area contributed by atoms with Gasteiger partial charge in [0, 0.05) is 13.0 Å². The second kappa shape index (κ2) is 6.85. The van der Waals surface area contributed by atoms with Crippen LogP contribution >= 0.6 is 0 Å². The van der Waals surface area contributed by atoms with Crippen molar-refractivity contribution in [3.63, 3.8) is 0 Å². The Balaban J connectivity index is 2.43. The van der Waals surface area contributed by atoms with Crippen molar-refractivity contribution < 1.29 is 19.7 Å². The van der Waals surface area contributed by atoms with Gasteiger partial charge in [-0.05, 0) is 24.5 Å². The van der Waals surface area contributed by atoms with Gasteiger partial charge in [0.1, 0.15) is 5.75 Å². The lowest BCUT2D eigenvalue weighted by molar-refractivity contribution is -0.137. The Morgan fingerprint density at radius 2 is 2.06 bits per heavy atom. The van der Waals surface area contributed by atoms with Crippen LogP contribution in [0.2, 0.25) is 0 Å². The van der Waals surface area contributed by atoms with E-state index in [2.05, 4.69) is 0 Å². The van der Waals surface area contributed by atoms with Crippen LogP contribution in [0, 0.1) is 0 Å². The molecule has 1 rings (SSSR count). The van der Waals surface area contributed by atoms with Crippen molar-refractivity contribution in [2.24, 2.45) is 0 Å². The lowest BCUT2D eigenvalue weighted by Crippen LogP contribution is -2.04. The number of carboxylic acid groups (broad SMARTS) is 1. The first-order valence-corrected chi connectivity index (χ1v) is 5.27. The molecule has 88 valence electrons. The van der Waals surface area contributed by atoms with Crippen LogP contribution in [0.4, 0.5) is 0 Å². The third-order valence-corrected chi connectivity index (χ3v) is 2.15. The molecule has 4 heteroatoms. The number of para-hydroxylation sites is 1. The molecule has 2 N–H and O–H groups in total. The minimum absolute atomic E-state index is 0.0789. The Labute approximate surface area is 94.5 Å². The van der Waals surface area contributed by atoms with Crippen molar-refractivity contribution >= 4 is 5.97 Å². The molecule has 0 aliphatic heterocycles. The quantitative estimate of drug-likeness (QED) is 0.688. The molecule has 0 bridgehead atoms. The standard InChI is InChI=1S/C12H16O4/c13-8-7-10-4-1-2-5-11(10)16-9-3-6-12(14)15/h1-2,4-5,13H,3,6-9H2,(H,14,15). The van der Waals surface area contributed by atoms with E-state index in [1.54, 1.807) is 0 Å². The predicted molar refractivity (Wildman–Crippen MR) is 59.6 cm³/mol. The number of benzene rings is 1. The van der Waals surface area contributed by atoms with E-state index < -0.39 is 5.97 Å². The van der Waals surface area contributed by atoms with Crippen molar-refractivity contribution in [1.29, 1.82) is 0 Å². The van der Waals surface area contributed by atoms with Gasteiger partial charge in [-0.2, -0.15) is 0 Å². The van der Waals surface area contributed by atoms with Gasteiger partial charge in [-0.25, -0.2) is 0 Å². The highest BCUT2D eigenvalue weighted by Gasteiger charge is 2.02. The van der Waals surface area contributed by atoms with Crippen LogP contribution in [0.5, 0.6) is 5.75 Å². The number of rotatable bonds is 7. The molecule has 0 spiro atoms. The average Bonchev–Trinajstić information content (AvgIpc) is 2.26. The fraction of sp³-hybridized carbons (Fsp3) is 0.417. The number of aliphatic hydroxyl groups is 1. The zero-order valence-corrected chi connectivity index (χ0v) is 9.06. The van der Waals surface area contributed by atoms with E-state index >= 15 is 0 Å². The predicted octanol–water partition coefficient (Wildman–Crippen LogP) is 1.46. The highest BCUT2D eigenvalue weighted by atomic mass is 16.5. The van der Waals surface area contributed by atoms with Gasteiger partial charge in [-0.1, -0.05) is 18.2 Å². The van der Waals surface area contributed by atoms with Gasteiger partial charge in [0.15, 0.2) is 0 Å². The van der Waals surface area contributed by atoms with Crippen molar-refractivity contribution in [3.8, 4) is 5.75 Å². The maximum absolute atomic E-state index is 10.3. The molecule has 0 aliphatic rings. The number of carbonyl (C=O) groups is 1. The summed E-state index contributed by atoms with van der Waals surface area (Å²) >= 11 is 0. The van der Waals surface area contributed by atoms with Crippen LogP contribution < -0.4 is 4.74 Å². The number of aliphatic hydroxyl groups excluding tert-OH is 1. The summed E-state index contributed by atoms with van der Waals surface area (Å²) in [4.78, 5) is 10.3. The van der Waals surface area contributed by atoms with Gasteiger partial charge in [-0.15, -0.1) is 0 Å². The average molecular weight is 224 g/mol. The van der Waals surface area contributed by atoms with Gasteiger partial charge >= 0.3 is 5.97 Å². The second-order valence-electron chi connectivity index (χ2n) is 3.43. The lowest BCUT2D eigenvalue weighted by Gasteiger charge is -2.09. The largest absolute Gasteiger partial charge is 0.493 e. The summed E-state index contributed by atoms with van der Waals surface area (Å²) in [5, 5.41) is 17.3. The summed E-state index contributed by atoms with van der Waals surface area (Å²) in [5.74, 6) is -0.0887. The second-order valence-corrected chi connectivity index (χ2v) is 3.43. The van der Waals surface area contributed by atoms with E-state index in [1.807, 2.05) is 24.3 Å². The monoisotopic (exact) mass is 224 g/mol. The molecule has 0 saturated heterocycles. The molecule has 0 amide bonds. The van der Waals surface area contributed by atoms with Gasteiger partial charge < -0.3 is 14.9 Å². The first-order valence-electron chi connectivity index (χ1n) is 5.27. The summed E-state index contributed by atoms with van der Waals surface area (Å²) in [6.45, 7) is 0.463. The molecule has 0 aliphatic carbocycles. The third-order valence-electron chi connectivity index (χ3n) is 2.15. The Morgan fingerprint density at radius 3 is 2.75 bits per heavy atom. The first kappa shape index (κ1) is 12.5. The topological polar surface area (TPSA) is 66.8 Å². The summed E-state index contributed by atoms with van der Waals surface area (Å²) in [5.41, 5.74) is 0.945. The highest BCUT2D eigenvalue weighted by molar-refractivity contribution is 5.66. The molecule has 4 nitrogen and oxygen atoms in total. The van der Waals surface area contributed by atoms with Crippen molar-refractivity contribution in [1.82, 2.24) is 0 Å². The Morgan fingerprint density at radius 1 is 1.31 bits per heavy atom.